The van der Waals surface area contributed by atoms with Gasteiger partial charge in [-0.25, -0.2) is 0 Å². The summed E-state index contributed by atoms with van der Waals surface area (Å²) in [5.74, 6) is -0.161. The number of hydrogen-bond donors (Lipinski definition) is 2. The van der Waals surface area contributed by atoms with Crippen molar-refractivity contribution in [3.8, 4) is 0 Å². The van der Waals surface area contributed by atoms with Crippen molar-refractivity contribution in [2.75, 3.05) is 19.6 Å². The molecule has 8 heteroatoms. The second kappa shape index (κ2) is 7.93. The van der Waals surface area contributed by atoms with Gasteiger partial charge < -0.3 is 24.8 Å². The quantitative estimate of drug-likeness (QED) is 0.401. The SMILES string of the molecule is CC(C)(C)OC(=O)CCN1CC(N/C=C(\C=N)B2OC(C)(C)C(C)(C)O2)C1. The van der Waals surface area contributed by atoms with E-state index in [0.717, 1.165) is 13.1 Å². The summed E-state index contributed by atoms with van der Waals surface area (Å²) < 4.78 is 17.3. The van der Waals surface area contributed by atoms with E-state index in [1.54, 1.807) is 0 Å². The first-order valence-corrected chi connectivity index (χ1v) is 9.59. The lowest BCUT2D eigenvalue weighted by Crippen LogP contribution is -2.57. The Hall–Kier alpha value is -1.38. The molecule has 7 nitrogen and oxygen atoms in total. The summed E-state index contributed by atoms with van der Waals surface area (Å²) >= 11 is 0. The number of nitrogens with one attached hydrogen (secondary N) is 2. The Morgan fingerprint density at radius 1 is 1.26 bits per heavy atom. The molecular formula is C19H34BN3O4. The molecule has 27 heavy (non-hydrogen) atoms. The normalized spacial score (nSPS) is 23.1. The van der Waals surface area contributed by atoms with Crippen LogP contribution in [-0.2, 0) is 18.8 Å². The average molecular weight is 379 g/mol. The van der Waals surface area contributed by atoms with E-state index >= 15 is 0 Å². The maximum atomic E-state index is 11.8. The molecule has 0 saturated carbocycles. The molecule has 2 fully saturated rings. The molecule has 0 atom stereocenters. The summed E-state index contributed by atoms with van der Waals surface area (Å²) in [6.45, 7) is 16.0. The van der Waals surface area contributed by atoms with E-state index in [1.165, 1.54) is 6.21 Å². The van der Waals surface area contributed by atoms with Crippen molar-refractivity contribution >= 4 is 19.3 Å². The number of carbonyl (C=O) groups is 1. The lowest BCUT2D eigenvalue weighted by atomic mass is 9.79. The van der Waals surface area contributed by atoms with Gasteiger partial charge in [-0.05, 0) is 54.7 Å². The molecule has 2 heterocycles. The predicted octanol–water partition coefficient (Wildman–Crippen LogP) is 2.16. The first kappa shape index (κ1) is 21.9. The first-order chi connectivity index (χ1) is 12.3. The molecule has 2 aliphatic rings. The van der Waals surface area contributed by atoms with Crippen LogP contribution in [0.5, 0.6) is 0 Å². The molecule has 152 valence electrons. The van der Waals surface area contributed by atoms with E-state index in [9.17, 15) is 4.79 Å². The molecular weight excluding hydrogens is 345 g/mol. The third-order valence-corrected chi connectivity index (χ3v) is 5.19. The van der Waals surface area contributed by atoms with Crippen molar-refractivity contribution in [3.05, 3.63) is 11.7 Å². The van der Waals surface area contributed by atoms with Gasteiger partial charge in [0, 0.05) is 31.3 Å². The number of esters is 1. The molecule has 0 bridgehead atoms. The highest BCUT2D eigenvalue weighted by atomic mass is 16.7. The molecule has 0 aromatic rings. The summed E-state index contributed by atoms with van der Waals surface area (Å²) in [6.07, 6.45) is 3.48. The smallest absolute Gasteiger partial charge is 0.460 e. The predicted molar refractivity (Wildman–Crippen MR) is 107 cm³/mol. The van der Waals surface area contributed by atoms with Crippen molar-refractivity contribution in [1.29, 1.82) is 5.41 Å². The average Bonchev–Trinajstić information content (AvgIpc) is 2.66. The van der Waals surface area contributed by atoms with Crippen LogP contribution in [0.4, 0.5) is 0 Å². The van der Waals surface area contributed by atoms with Crippen LogP contribution < -0.4 is 5.32 Å². The molecule has 0 amide bonds. The number of carbonyl (C=O) groups excluding carboxylic acids is 1. The van der Waals surface area contributed by atoms with E-state index in [4.69, 9.17) is 19.5 Å². The number of likely N-dealkylation sites (tertiary alicyclic amines) is 1. The van der Waals surface area contributed by atoms with Gasteiger partial charge in [-0.3, -0.25) is 9.69 Å². The second-order valence-corrected chi connectivity index (χ2v) is 9.34. The van der Waals surface area contributed by atoms with Gasteiger partial charge in [0.25, 0.3) is 0 Å². The zero-order chi connectivity index (χ0) is 20.5. The fraction of sp³-hybridized carbons (Fsp3) is 0.789. The molecule has 0 unspecified atom stereocenters. The standard InChI is InChI=1S/C19H34BN3O4/c1-17(2,3)25-16(24)8-9-23-12-15(13-23)22-11-14(10-21)20-26-18(4,5)19(6,7)27-20/h10-11,15,21-22H,8-9,12-13H2,1-7H3/b14-11+,21-10?. The van der Waals surface area contributed by atoms with Crippen LogP contribution >= 0.6 is 0 Å². The van der Waals surface area contributed by atoms with Gasteiger partial charge in [0.1, 0.15) is 5.60 Å². The number of rotatable bonds is 7. The van der Waals surface area contributed by atoms with Crippen molar-refractivity contribution < 1.29 is 18.8 Å². The fourth-order valence-electron chi connectivity index (χ4n) is 2.87. The van der Waals surface area contributed by atoms with Gasteiger partial charge in [-0.1, -0.05) is 0 Å². The highest BCUT2D eigenvalue weighted by Crippen LogP contribution is 2.38. The van der Waals surface area contributed by atoms with Crippen molar-refractivity contribution in [2.24, 2.45) is 0 Å². The Bertz CT molecular complexity index is 576. The van der Waals surface area contributed by atoms with E-state index in [1.807, 2.05) is 54.7 Å². The van der Waals surface area contributed by atoms with Crippen LogP contribution in [0.3, 0.4) is 0 Å². The zero-order valence-electron chi connectivity index (χ0n) is 17.7. The molecule has 2 aliphatic heterocycles. The van der Waals surface area contributed by atoms with Gasteiger partial charge in [-0.15, -0.1) is 0 Å². The van der Waals surface area contributed by atoms with Gasteiger partial charge in [0.15, 0.2) is 0 Å². The maximum Gasteiger partial charge on any atom is 0.497 e. The van der Waals surface area contributed by atoms with Crippen molar-refractivity contribution in [1.82, 2.24) is 10.2 Å². The lowest BCUT2D eigenvalue weighted by Gasteiger charge is -2.39. The first-order valence-electron chi connectivity index (χ1n) is 9.59. The van der Waals surface area contributed by atoms with Gasteiger partial charge in [0.05, 0.1) is 23.7 Å². The Labute approximate surface area is 163 Å². The minimum Gasteiger partial charge on any atom is -0.460 e. The van der Waals surface area contributed by atoms with Crippen LogP contribution in [0, 0.1) is 5.41 Å². The van der Waals surface area contributed by atoms with Crippen LogP contribution in [0.2, 0.25) is 0 Å². The number of allylic oxidation sites excluding steroid dienone is 1. The molecule has 2 saturated heterocycles. The lowest BCUT2D eigenvalue weighted by molar-refractivity contribution is -0.155. The topological polar surface area (TPSA) is 83.9 Å². The maximum absolute atomic E-state index is 11.8. The summed E-state index contributed by atoms with van der Waals surface area (Å²) in [5.41, 5.74) is -0.609. The van der Waals surface area contributed by atoms with Crippen LogP contribution in [0.25, 0.3) is 0 Å². The monoisotopic (exact) mass is 379 g/mol. The van der Waals surface area contributed by atoms with E-state index in [0.29, 0.717) is 24.5 Å². The number of ether oxygens (including phenoxy) is 1. The van der Waals surface area contributed by atoms with Crippen molar-refractivity contribution in [2.45, 2.75) is 77.7 Å². The largest absolute Gasteiger partial charge is 0.497 e. The van der Waals surface area contributed by atoms with E-state index in [2.05, 4.69) is 10.2 Å². The minimum atomic E-state index is -0.539. The van der Waals surface area contributed by atoms with E-state index < -0.39 is 23.9 Å². The number of nitrogens with zero attached hydrogens (tertiary/aromatic N) is 1. The van der Waals surface area contributed by atoms with Crippen LogP contribution in [0.1, 0.15) is 54.9 Å². The highest BCUT2D eigenvalue weighted by molar-refractivity contribution is 6.60. The molecule has 2 rings (SSSR count). The summed E-state index contributed by atoms with van der Waals surface area (Å²) in [5, 5.41) is 11.0. The van der Waals surface area contributed by atoms with E-state index in [-0.39, 0.29) is 5.97 Å². The van der Waals surface area contributed by atoms with Crippen LogP contribution in [0.15, 0.2) is 11.7 Å². The van der Waals surface area contributed by atoms with Gasteiger partial charge in [-0.2, -0.15) is 0 Å². The Morgan fingerprint density at radius 3 is 2.30 bits per heavy atom. The molecule has 0 aliphatic carbocycles. The third kappa shape index (κ3) is 5.80. The van der Waals surface area contributed by atoms with Crippen LogP contribution in [-0.4, -0.2) is 66.7 Å². The Kier molecular flexibility index (Phi) is 6.44. The fourth-order valence-corrected chi connectivity index (χ4v) is 2.87. The Morgan fingerprint density at radius 2 is 1.81 bits per heavy atom. The molecule has 0 aromatic heterocycles. The Balaban J connectivity index is 1.74. The zero-order valence-corrected chi connectivity index (χ0v) is 17.7. The number of hydrogen-bond acceptors (Lipinski definition) is 7. The van der Waals surface area contributed by atoms with Gasteiger partial charge in [0.2, 0.25) is 0 Å². The molecule has 2 N–H and O–H groups in total. The third-order valence-electron chi connectivity index (χ3n) is 5.19. The second-order valence-electron chi connectivity index (χ2n) is 9.34. The molecule has 0 aromatic carbocycles. The molecule has 0 spiro atoms. The molecule has 0 radical (unpaired) electrons. The minimum absolute atomic E-state index is 0.161. The summed E-state index contributed by atoms with van der Waals surface area (Å²) in [7, 11) is -0.539. The van der Waals surface area contributed by atoms with Gasteiger partial charge >= 0.3 is 13.1 Å². The van der Waals surface area contributed by atoms with Crippen molar-refractivity contribution in [3.63, 3.8) is 0 Å². The summed E-state index contributed by atoms with van der Waals surface area (Å²) in [4.78, 5) is 14.0. The summed E-state index contributed by atoms with van der Waals surface area (Å²) in [6, 6.07) is 0.293. The highest BCUT2D eigenvalue weighted by Gasteiger charge is 2.52.